The summed E-state index contributed by atoms with van der Waals surface area (Å²) in [6.07, 6.45) is 1.84. The van der Waals surface area contributed by atoms with Gasteiger partial charge >= 0.3 is 0 Å². The van der Waals surface area contributed by atoms with Crippen LogP contribution in [0.1, 0.15) is 22.0 Å². The number of hydrogen-bond acceptors (Lipinski definition) is 7. The number of hydrogen-bond donors (Lipinski definition) is 2. The first-order valence-corrected chi connectivity index (χ1v) is 11.2. The van der Waals surface area contributed by atoms with Crippen molar-refractivity contribution in [2.45, 2.75) is 26.9 Å². The Morgan fingerprint density at radius 2 is 1.81 bits per heavy atom. The first-order chi connectivity index (χ1) is 14.9. The van der Waals surface area contributed by atoms with Crippen molar-refractivity contribution >= 4 is 28.6 Å². The average Bonchev–Trinajstić information content (AvgIpc) is 3.36. The molecule has 0 atom stereocenters. The number of ether oxygens (including phenoxy) is 1. The van der Waals surface area contributed by atoms with Gasteiger partial charge in [0.25, 0.3) is 5.56 Å². The first-order valence-electron chi connectivity index (χ1n) is 9.42. The third kappa shape index (κ3) is 6.87. The Morgan fingerprint density at radius 1 is 1.10 bits per heavy atom. The summed E-state index contributed by atoms with van der Waals surface area (Å²) in [4.78, 5) is 33.4. The molecule has 0 aliphatic heterocycles. The van der Waals surface area contributed by atoms with E-state index in [1.54, 1.807) is 12.3 Å². The van der Waals surface area contributed by atoms with E-state index in [1.807, 2.05) is 54.9 Å². The molecule has 0 unspecified atom stereocenters. The number of nitrogens with two attached hydrogens (primary N) is 1. The van der Waals surface area contributed by atoms with Gasteiger partial charge < -0.3 is 15.5 Å². The van der Waals surface area contributed by atoms with Crippen LogP contribution in [0.25, 0.3) is 10.6 Å². The normalized spacial score (nSPS) is 10.3. The van der Waals surface area contributed by atoms with E-state index in [2.05, 4.69) is 15.0 Å². The van der Waals surface area contributed by atoms with E-state index >= 15 is 0 Å². The molecule has 0 saturated heterocycles. The van der Waals surface area contributed by atoms with Crippen molar-refractivity contribution in [3.05, 3.63) is 85.7 Å². The standard InChI is InChI=1S/C16H14N2O2S.C6H8N2OS/c1-11-10-21-16(18-11)14-7-13(8-17-15(14)19)20-9-12-5-3-2-4-6-12;1-4-3-10-6(8-4)2-5(7)9/h2-8,10H,9H2,1H3,(H,17,19);3H,2H2,1H3,(H2,7,9). The molecule has 0 radical (unpaired) electrons. The lowest BCUT2D eigenvalue weighted by atomic mass is 10.2. The molecule has 7 nitrogen and oxygen atoms in total. The number of aryl methyl sites for hydroxylation is 2. The van der Waals surface area contributed by atoms with Gasteiger partial charge in [-0.3, -0.25) is 9.59 Å². The van der Waals surface area contributed by atoms with Gasteiger partial charge in [0.2, 0.25) is 5.91 Å². The monoisotopic (exact) mass is 454 g/mol. The lowest BCUT2D eigenvalue weighted by Crippen LogP contribution is -2.13. The van der Waals surface area contributed by atoms with Crippen LogP contribution in [0.3, 0.4) is 0 Å². The molecule has 3 N–H and O–H groups in total. The molecule has 4 aromatic rings. The van der Waals surface area contributed by atoms with E-state index in [-0.39, 0.29) is 17.9 Å². The van der Waals surface area contributed by atoms with Gasteiger partial charge in [0, 0.05) is 28.3 Å². The van der Waals surface area contributed by atoms with Crippen LogP contribution in [0.4, 0.5) is 0 Å². The van der Waals surface area contributed by atoms with Gasteiger partial charge in [-0.15, -0.1) is 22.7 Å². The minimum Gasteiger partial charge on any atom is -0.487 e. The number of nitrogens with one attached hydrogen (secondary N) is 1. The summed E-state index contributed by atoms with van der Waals surface area (Å²) in [5.74, 6) is 0.302. The van der Waals surface area contributed by atoms with E-state index < -0.39 is 0 Å². The highest BCUT2D eigenvalue weighted by Gasteiger charge is 2.09. The molecule has 3 aromatic heterocycles. The molecule has 9 heteroatoms. The minimum absolute atomic E-state index is 0.156. The molecular weight excluding hydrogens is 432 g/mol. The van der Waals surface area contributed by atoms with Crippen molar-refractivity contribution in [2.24, 2.45) is 5.73 Å². The predicted octanol–water partition coefficient (Wildman–Crippen LogP) is 3.87. The minimum atomic E-state index is -0.325. The number of primary amides is 1. The van der Waals surface area contributed by atoms with E-state index in [0.717, 1.165) is 22.0 Å². The molecule has 3 heterocycles. The summed E-state index contributed by atoms with van der Waals surface area (Å²) in [5, 5.41) is 5.33. The number of nitrogens with zero attached hydrogens (tertiary/aromatic N) is 2. The smallest absolute Gasteiger partial charge is 0.258 e. The molecule has 0 aliphatic rings. The van der Waals surface area contributed by atoms with Crippen LogP contribution in [0, 0.1) is 13.8 Å². The van der Waals surface area contributed by atoms with Crippen molar-refractivity contribution in [3.8, 4) is 16.3 Å². The zero-order valence-electron chi connectivity index (χ0n) is 17.1. The second kappa shape index (κ2) is 10.6. The van der Waals surface area contributed by atoms with Crippen LogP contribution in [-0.4, -0.2) is 20.9 Å². The topological polar surface area (TPSA) is 111 Å². The highest BCUT2D eigenvalue weighted by atomic mass is 32.1. The van der Waals surface area contributed by atoms with Gasteiger partial charge in [0.1, 0.15) is 22.4 Å². The van der Waals surface area contributed by atoms with Crippen molar-refractivity contribution in [2.75, 3.05) is 0 Å². The summed E-state index contributed by atoms with van der Waals surface area (Å²) in [6.45, 7) is 4.26. The molecule has 0 spiro atoms. The van der Waals surface area contributed by atoms with Crippen molar-refractivity contribution < 1.29 is 9.53 Å². The van der Waals surface area contributed by atoms with E-state index in [4.69, 9.17) is 10.5 Å². The van der Waals surface area contributed by atoms with Crippen molar-refractivity contribution in [1.82, 2.24) is 15.0 Å². The summed E-state index contributed by atoms with van der Waals surface area (Å²) in [7, 11) is 0. The predicted molar refractivity (Wildman–Crippen MR) is 123 cm³/mol. The SMILES string of the molecule is Cc1csc(-c2cc(OCc3ccccc3)c[nH]c2=O)n1.Cc1csc(CC(N)=O)n1. The van der Waals surface area contributed by atoms with Gasteiger partial charge in [0.05, 0.1) is 12.0 Å². The Morgan fingerprint density at radius 3 is 2.42 bits per heavy atom. The molecule has 0 saturated carbocycles. The molecule has 0 bridgehead atoms. The maximum Gasteiger partial charge on any atom is 0.258 e. The third-order valence-electron chi connectivity index (χ3n) is 3.97. The molecule has 1 aromatic carbocycles. The maximum absolute atomic E-state index is 11.9. The molecule has 160 valence electrons. The number of pyridine rings is 1. The first kappa shape index (κ1) is 22.4. The number of aromatic amines is 1. The van der Waals surface area contributed by atoms with Crippen LogP contribution >= 0.6 is 22.7 Å². The zero-order valence-corrected chi connectivity index (χ0v) is 18.8. The number of H-pyrrole nitrogens is 1. The van der Waals surface area contributed by atoms with Gasteiger partial charge in [0.15, 0.2) is 0 Å². The van der Waals surface area contributed by atoms with Crippen LogP contribution in [0.2, 0.25) is 0 Å². The second-order valence-corrected chi connectivity index (χ2v) is 8.47. The Hall–Kier alpha value is -3.30. The fourth-order valence-corrected chi connectivity index (χ4v) is 4.15. The van der Waals surface area contributed by atoms with Crippen LogP contribution in [0.15, 0.2) is 58.1 Å². The molecule has 0 aliphatic carbocycles. The number of carbonyl (C=O) groups is 1. The Labute approximate surface area is 187 Å². The number of thiazole rings is 2. The number of rotatable bonds is 6. The van der Waals surface area contributed by atoms with E-state index in [9.17, 15) is 9.59 Å². The summed E-state index contributed by atoms with van der Waals surface area (Å²) >= 11 is 2.92. The Kier molecular flexibility index (Phi) is 7.69. The van der Waals surface area contributed by atoms with Gasteiger partial charge in [-0.2, -0.15) is 0 Å². The number of amides is 1. The fourth-order valence-electron chi connectivity index (χ4n) is 2.56. The van der Waals surface area contributed by atoms with Crippen molar-refractivity contribution in [3.63, 3.8) is 0 Å². The van der Waals surface area contributed by atoms with Gasteiger partial charge in [-0.25, -0.2) is 9.97 Å². The molecule has 1 amide bonds. The summed E-state index contributed by atoms with van der Waals surface area (Å²) < 4.78 is 5.72. The lowest BCUT2D eigenvalue weighted by molar-refractivity contribution is -0.117. The molecular formula is C22H22N4O3S2. The fraction of sp³-hybridized carbons (Fsp3) is 0.182. The lowest BCUT2D eigenvalue weighted by Gasteiger charge is -2.06. The summed E-state index contributed by atoms with van der Waals surface area (Å²) in [6, 6.07) is 11.6. The largest absolute Gasteiger partial charge is 0.487 e. The highest BCUT2D eigenvalue weighted by molar-refractivity contribution is 7.13. The maximum atomic E-state index is 11.9. The summed E-state index contributed by atoms with van der Waals surface area (Å²) in [5.41, 5.74) is 8.28. The van der Waals surface area contributed by atoms with Crippen LogP contribution < -0.4 is 16.0 Å². The van der Waals surface area contributed by atoms with E-state index in [0.29, 0.717) is 22.9 Å². The second-order valence-electron chi connectivity index (χ2n) is 6.67. The molecule has 4 rings (SSSR count). The van der Waals surface area contributed by atoms with Crippen molar-refractivity contribution in [1.29, 1.82) is 0 Å². The average molecular weight is 455 g/mol. The third-order valence-corrected chi connectivity index (χ3v) is 5.93. The zero-order chi connectivity index (χ0) is 22.2. The van der Waals surface area contributed by atoms with Gasteiger partial charge in [-0.1, -0.05) is 30.3 Å². The quantitative estimate of drug-likeness (QED) is 0.459. The van der Waals surface area contributed by atoms with Gasteiger partial charge in [-0.05, 0) is 25.5 Å². The number of benzene rings is 1. The van der Waals surface area contributed by atoms with Crippen LogP contribution in [-0.2, 0) is 17.8 Å². The number of aromatic nitrogens is 3. The van der Waals surface area contributed by atoms with E-state index in [1.165, 1.54) is 22.7 Å². The Bertz CT molecular complexity index is 1200. The highest BCUT2D eigenvalue weighted by Crippen LogP contribution is 2.23. The van der Waals surface area contributed by atoms with Crippen LogP contribution in [0.5, 0.6) is 5.75 Å². The number of carbonyl (C=O) groups excluding carboxylic acids is 1. The molecule has 31 heavy (non-hydrogen) atoms. The Balaban J connectivity index is 0.000000229. The molecule has 0 fully saturated rings.